The Morgan fingerprint density at radius 2 is 1.86 bits per heavy atom. The van der Waals surface area contributed by atoms with E-state index in [-0.39, 0.29) is 17.5 Å². The van der Waals surface area contributed by atoms with Crippen molar-refractivity contribution in [3.63, 3.8) is 0 Å². The van der Waals surface area contributed by atoms with E-state index in [1.54, 1.807) is 17.0 Å². The smallest absolute Gasteiger partial charge is 0.320 e. The third kappa shape index (κ3) is 5.83. The Morgan fingerprint density at radius 3 is 2.50 bits per heavy atom. The fraction of sp³-hybridized carbons (Fsp3) is 0.269. The van der Waals surface area contributed by atoms with Crippen molar-refractivity contribution in [2.45, 2.75) is 27.3 Å². The van der Waals surface area contributed by atoms with Gasteiger partial charge in [0.1, 0.15) is 5.70 Å². The third-order valence-corrected chi connectivity index (χ3v) is 6.47. The minimum atomic E-state index is -0.410. The lowest BCUT2D eigenvalue weighted by molar-refractivity contribution is -0.759. The number of hydrogen-bond donors (Lipinski definition) is 0. The summed E-state index contributed by atoms with van der Waals surface area (Å²) in [4.78, 5) is 25.6. The van der Waals surface area contributed by atoms with Gasteiger partial charge in [0.2, 0.25) is 5.27 Å². The molecule has 2 heterocycles. The van der Waals surface area contributed by atoms with Gasteiger partial charge in [-0.3, -0.25) is 14.2 Å². The molecule has 2 aromatic carbocycles. The normalized spacial score (nSPS) is 15.0. The van der Waals surface area contributed by atoms with Crippen LogP contribution in [0.3, 0.4) is 0 Å². The predicted molar refractivity (Wildman–Crippen MR) is 141 cm³/mol. The van der Waals surface area contributed by atoms with Gasteiger partial charge in [0.25, 0.3) is 12.1 Å². The Hall–Kier alpha value is -3.92. The Labute approximate surface area is 214 Å². The monoisotopic (exact) mass is 504 g/mol. The van der Waals surface area contributed by atoms with E-state index in [0.29, 0.717) is 23.1 Å². The van der Waals surface area contributed by atoms with E-state index in [9.17, 15) is 9.90 Å². The van der Waals surface area contributed by atoms with Crippen molar-refractivity contribution in [1.29, 1.82) is 0 Å². The number of thioether (sulfide) groups is 1. The lowest BCUT2D eigenvalue weighted by Gasteiger charge is -2.20. The van der Waals surface area contributed by atoms with Gasteiger partial charge in [-0.1, -0.05) is 46.8 Å². The summed E-state index contributed by atoms with van der Waals surface area (Å²) in [6.45, 7) is 8.60. The van der Waals surface area contributed by atoms with Crippen molar-refractivity contribution in [1.82, 2.24) is 5.27 Å². The highest BCUT2D eigenvalue weighted by molar-refractivity contribution is 8.14. The highest BCUT2D eigenvalue weighted by atomic mass is 32.2. The van der Waals surface area contributed by atoms with Gasteiger partial charge < -0.3 is 10.0 Å². The van der Waals surface area contributed by atoms with Crippen LogP contribution >= 0.6 is 11.8 Å². The second-order valence-corrected chi connectivity index (χ2v) is 8.80. The first-order chi connectivity index (χ1) is 17.5. The molecule has 36 heavy (non-hydrogen) atoms. The number of benzene rings is 2. The van der Waals surface area contributed by atoms with Crippen LogP contribution in [0.2, 0.25) is 0 Å². The first kappa shape index (κ1) is 25.2. The van der Waals surface area contributed by atoms with Crippen LogP contribution in [0.15, 0.2) is 81.0 Å². The third-order valence-electron chi connectivity index (χ3n) is 5.55. The van der Waals surface area contributed by atoms with E-state index >= 15 is 0 Å². The maximum Gasteiger partial charge on any atom is 0.320 e. The van der Waals surface area contributed by atoms with Crippen LogP contribution in [0.25, 0.3) is 6.08 Å². The van der Waals surface area contributed by atoms with Gasteiger partial charge in [-0.05, 0) is 62.6 Å². The van der Waals surface area contributed by atoms with Crippen molar-refractivity contribution in [3.05, 3.63) is 72.1 Å². The molecule has 0 N–H and O–H groups in total. The average molecular weight is 505 g/mol. The van der Waals surface area contributed by atoms with Crippen LogP contribution in [0.1, 0.15) is 26.3 Å². The number of carbonyl (C=O) groups is 1. The van der Waals surface area contributed by atoms with Crippen LogP contribution in [0.5, 0.6) is 0 Å². The molecule has 1 aliphatic heterocycles. The Bertz CT molecular complexity index is 1280. The molecule has 1 aromatic heterocycles. The molecule has 0 atom stereocenters. The number of aromatic nitrogens is 2. The number of carbonyl (C=O) groups excluding carboxylic acids is 1. The highest BCUT2D eigenvalue weighted by Crippen LogP contribution is 2.29. The molecule has 0 saturated carbocycles. The van der Waals surface area contributed by atoms with E-state index in [0.717, 1.165) is 36.1 Å². The van der Waals surface area contributed by atoms with Crippen LogP contribution < -0.4 is 19.6 Å². The zero-order chi connectivity index (χ0) is 25.5. The van der Waals surface area contributed by atoms with Crippen molar-refractivity contribution < 1.29 is 19.1 Å². The quantitative estimate of drug-likeness (QED) is 0.192. The molecule has 0 saturated heterocycles. The van der Waals surface area contributed by atoms with E-state index in [2.05, 4.69) is 34.0 Å². The minimum Gasteiger partial charge on any atom is -0.861 e. The summed E-state index contributed by atoms with van der Waals surface area (Å²) in [5.41, 5.74) is 2.99. The number of rotatable bonds is 9. The summed E-state index contributed by atoms with van der Waals surface area (Å²) in [7, 11) is 0. The number of aryl methyl sites for hydroxylation is 1. The summed E-state index contributed by atoms with van der Waals surface area (Å²) in [6.07, 6.45) is 3.32. The highest BCUT2D eigenvalue weighted by Gasteiger charge is 2.31. The van der Waals surface area contributed by atoms with Gasteiger partial charge in [0.15, 0.2) is 11.7 Å². The van der Waals surface area contributed by atoms with Crippen molar-refractivity contribution in [2.24, 2.45) is 9.98 Å². The number of anilines is 2. The van der Waals surface area contributed by atoms with Crippen molar-refractivity contribution in [3.8, 4) is 0 Å². The molecule has 0 radical (unpaired) electrons. The summed E-state index contributed by atoms with van der Waals surface area (Å²) in [6, 6.07) is 17.3. The van der Waals surface area contributed by atoms with E-state index in [1.165, 1.54) is 4.90 Å². The number of aliphatic imine (C=N–C) groups is 2. The van der Waals surface area contributed by atoms with Crippen LogP contribution in [0, 0.1) is 0 Å². The van der Waals surface area contributed by atoms with Crippen LogP contribution in [-0.2, 0) is 11.3 Å². The molecule has 4 rings (SSSR count). The van der Waals surface area contributed by atoms with E-state index in [1.807, 2.05) is 61.5 Å². The number of nitrogens with zero attached hydrogens (tertiary/aromatic N) is 6. The SMILES string of the molecule is CCN(CC)c1ccc(/C=C2/N=C(SC/C([O-])=N\c3c[n+](CC)no3)N(c3ccccc3)C2=O)cc1. The minimum absolute atomic E-state index is 0.00583. The number of amides is 1. The molecule has 10 heteroatoms. The summed E-state index contributed by atoms with van der Waals surface area (Å²) < 4.78 is 6.58. The van der Waals surface area contributed by atoms with Crippen LogP contribution in [-0.4, -0.2) is 41.1 Å². The second-order valence-electron chi connectivity index (χ2n) is 7.85. The molecule has 1 amide bonds. The Balaban J connectivity index is 1.57. The first-order valence-corrected chi connectivity index (χ1v) is 12.8. The molecule has 1 aliphatic rings. The van der Waals surface area contributed by atoms with Gasteiger partial charge in [-0.2, -0.15) is 0 Å². The van der Waals surface area contributed by atoms with Gasteiger partial charge in [-0.25, -0.2) is 9.98 Å². The summed E-state index contributed by atoms with van der Waals surface area (Å²) >= 11 is 1.15. The maximum absolute atomic E-state index is 13.3. The molecule has 9 nitrogen and oxygen atoms in total. The molecular weight excluding hydrogens is 476 g/mol. The average Bonchev–Trinajstić information content (AvgIpc) is 3.48. The predicted octanol–water partition coefficient (Wildman–Crippen LogP) is 3.40. The summed E-state index contributed by atoms with van der Waals surface area (Å²) in [5.74, 6) is -0.527. The standard InChI is InChI=1S/C26H28N6O3S/c1-4-30(5-2)20-14-12-19(13-15-20)16-22-25(34)32(21-10-8-7-9-11-21)26(27-22)36-18-23(33)28-24-17-31(6-3)29-35-24/h7-17H,4-6,18H2,1-3H3/b22-16+. The molecular formula is C26H28N6O3S. The fourth-order valence-electron chi connectivity index (χ4n) is 3.67. The van der Waals surface area contributed by atoms with Gasteiger partial charge in [-0.15, -0.1) is 0 Å². The largest absolute Gasteiger partial charge is 0.861 e. The summed E-state index contributed by atoms with van der Waals surface area (Å²) in [5, 5.41) is 16.6. The zero-order valence-corrected chi connectivity index (χ0v) is 21.3. The molecule has 186 valence electrons. The number of amidine groups is 1. The zero-order valence-electron chi connectivity index (χ0n) is 20.5. The molecule has 0 aliphatic carbocycles. The van der Waals surface area contributed by atoms with E-state index < -0.39 is 5.90 Å². The lowest BCUT2D eigenvalue weighted by Crippen LogP contribution is -2.32. The molecule has 0 unspecified atom stereocenters. The molecule has 0 fully saturated rings. The maximum atomic E-state index is 13.3. The first-order valence-electron chi connectivity index (χ1n) is 11.8. The molecule has 0 spiro atoms. The van der Waals surface area contributed by atoms with E-state index in [4.69, 9.17) is 4.52 Å². The second kappa shape index (κ2) is 11.7. The lowest BCUT2D eigenvalue weighted by atomic mass is 10.1. The number of hydrogen-bond acceptors (Lipinski definition) is 8. The van der Waals surface area contributed by atoms with Gasteiger partial charge in [0, 0.05) is 24.5 Å². The number of para-hydroxylation sites is 1. The molecule has 0 bridgehead atoms. The van der Waals surface area contributed by atoms with Crippen molar-refractivity contribution in [2.75, 3.05) is 28.6 Å². The van der Waals surface area contributed by atoms with Crippen molar-refractivity contribution >= 4 is 52.1 Å². The molecule has 3 aromatic rings. The topological polar surface area (TPSA) is 101 Å². The Morgan fingerprint density at radius 1 is 1.14 bits per heavy atom. The van der Waals surface area contributed by atoms with Gasteiger partial charge in [0.05, 0.1) is 5.69 Å². The van der Waals surface area contributed by atoms with Crippen LogP contribution in [0.4, 0.5) is 17.3 Å². The Kier molecular flexibility index (Phi) is 8.17. The fourth-order valence-corrected chi connectivity index (χ4v) is 4.47. The van der Waals surface area contributed by atoms with Gasteiger partial charge >= 0.3 is 5.88 Å².